The molecule has 2 nitrogen and oxygen atoms in total. The van der Waals surface area contributed by atoms with Gasteiger partial charge in [-0.15, -0.1) is 0 Å². The Morgan fingerprint density at radius 3 is 3.15 bits per heavy atom. The van der Waals surface area contributed by atoms with Crippen molar-refractivity contribution in [2.75, 3.05) is 11.9 Å². The van der Waals surface area contributed by atoms with Gasteiger partial charge in [0.2, 0.25) is 0 Å². The van der Waals surface area contributed by atoms with Gasteiger partial charge in [0.1, 0.15) is 0 Å². The maximum atomic E-state index is 5.89. The molecular formula is C10H13ClN2. The Morgan fingerprint density at radius 2 is 2.46 bits per heavy atom. The van der Waals surface area contributed by atoms with Gasteiger partial charge < -0.3 is 5.32 Å². The minimum atomic E-state index is 0.669. The first-order valence-corrected chi connectivity index (χ1v) is 4.67. The number of nitrogens with zero attached hydrogens (tertiary/aromatic N) is 1. The van der Waals surface area contributed by atoms with Gasteiger partial charge in [-0.3, -0.25) is 4.98 Å². The van der Waals surface area contributed by atoms with Crippen LogP contribution in [-0.2, 0) is 0 Å². The molecule has 1 aromatic rings. The lowest BCUT2D eigenvalue weighted by atomic mass is 10.3. The first kappa shape index (κ1) is 10.1. The molecule has 0 atom stereocenters. The van der Waals surface area contributed by atoms with Gasteiger partial charge in [0, 0.05) is 18.9 Å². The second-order valence-electron chi connectivity index (χ2n) is 2.64. The number of hydrogen-bond acceptors (Lipinski definition) is 2. The van der Waals surface area contributed by atoms with Crippen LogP contribution < -0.4 is 5.32 Å². The molecule has 0 aromatic carbocycles. The first-order chi connectivity index (χ1) is 6.34. The third-order valence-corrected chi connectivity index (χ3v) is 1.94. The van der Waals surface area contributed by atoms with E-state index < -0.39 is 0 Å². The molecule has 0 amide bonds. The summed E-state index contributed by atoms with van der Waals surface area (Å²) in [4.78, 5) is 3.90. The van der Waals surface area contributed by atoms with Gasteiger partial charge in [-0.25, -0.2) is 0 Å². The van der Waals surface area contributed by atoms with E-state index in [9.17, 15) is 0 Å². The fraction of sp³-hybridized carbons (Fsp3) is 0.300. The van der Waals surface area contributed by atoms with E-state index in [4.69, 9.17) is 11.6 Å². The summed E-state index contributed by atoms with van der Waals surface area (Å²) in [6.45, 7) is 2.91. The topological polar surface area (TPSA) is 24.9 Å². The van der Waals surface area contributed by atoms with Crippen LogP contribution in [0.1, 0.15) is 13.3 Å². The molecule has 0 bridgehead atoms. The van der Waals surface area contributed by atoms with E-state index in [1.807, 2.05) is 19.1 Å². The summed E-state index contributed by atoms with van der Waals surface area (Å²) < 4.78 is 0. The number of aromatic nitrogens is 1. The van der Waals surface area contributed by atoms with Gasteiger partial charge in [-0.1, -0.05) is 23.8 Å². The van der Waals surface area contributed by atoms with Gasteiger partial charge in [0.25, 0.3) is 0 Å². The molecule has 0 aliphatic carbocycles. The maximum absolute atomic E-state index is 5.89. The molecular weight excluding hydrogens is 184 g/mol. The van der Waals surface area contributed by atoms with E-state index in [1.54, 1.807) is 12.4 Å². The summed E-state index contributed by atoms with van der Waals surface area (Å²) in [6, 6.07) is 1.87. The number of rotatable bonds is 4. The van der Waals surface area contributed by atoms with E-state index >= 15 is 0 Å². The zero-order valence-electron chi connectivity index (χ0n) is 7.63. The SMILES string of the molecule is C/C=C/CCNc1ccncc1Cl. The van der Waals surface area contributed by atoms with E-state index in [1.165, 1.54) is 0 Å². The van der Waals surface area contributed by atoms with Gasteiger partial charge in [-0.05, 0) is 19.4 Å². The Labute approximate surface area is 83.6 Å². The van der Waals surface area contributed by atoms with E-state index in [-0.39, 0.29) is 0 Å². The predicted octanol–water partition coefficient (Wildman–Crippen LogP) is 3.11. The zero-order valence-corrected chi connectivity index (χ0v) is 8.38. The molecule has 0 aliphatic heterocycles. The molecule has 0 saturated heterocycles. The quantitative estimate of drug-likeness (QED) is 0.591. The Kier molecular flexibility index (Phi) is 4.33. The Morgan fingerprint density at radius 1 is 1.62 bits per heavy atom. The summed E-state index contributed by atoms with van der Waals surface area (Å²) in [7, 11) is 0. The van der Waals surface area contributed by atoms with Crippen molar-refractivity contribution in [1.82, 2.24) is 4.98 Å². The largest absolute Gasteiger partial charge is 0.383 e. The highest BCUT2D eigenvalue weighted by Crippen LogP contribution is 2.18. The number of allylic oxidation sites excluding steroid dienone is 1. The summed E-state index contributed by atoms with van der Waals surface area (Å²) in [5.41, 5.74) is 0.946. The summed E-state index contributed by atoms with van der Waals surface area (Å²) in [6.07, 6.45) is 8.52. The second kappa shape index (κ2) is 5.60. The van der Waals surface area contributed by atoms with Crippen molar-refractivity contribution in [2.24, 2.45) is 0 Å². The van der Waals surface area contributed by atoms with Crippen molar-refractivity contribution in [1.29, 1.82) is 0 Å². The van der Waals surface area contributed by atoms with Crippen molar-refractivity contribution < 1.29 is 0 Å². The molecule has 1 heterocycles. The molecule has 1 N–H and O–H groups in total. The van der Waals surface area contributed by atoms with Crippen LogP contribution >= 0.6 is 11.6 Å². The molecule has 1 aromatic heterocycles. The summed E-state index contributed by atoms with van der Waals surface area (Å²) in [5, 5.41) is 3.89. The second-order valence-corrected chi connectivity index (χ2v) is 3.05. The fourth-order valence-electron chi connectivity index (χ4n) is 0.975. The molecule has 0 saturated carbocycles. The number of pyridine rings is 1. The molecule has 0 unspecified atom stereocenters. The predicted molar refractivity (Wildman–Crippen MR) is 57.2 cm³/mol. The van der Waals surface area contributed by atoms with E-state index in [2.05, 4.69) is 16.4 Å². The van der Waals surface area contributed by atoms with Crippen molar-refractivity contribution in [3.8, 4) is 0 Å². The van der Waals surface area contributed by atoms with Crippen LogP contribution in [-0.4, -0.2) is 11.5 Å². The first-order valence-electron chi connectivity index (χ1n) is 4.29. The van der Waals surface area contributed by atoms with Crippen LogP contribution in [0.3, 0.4) is 0 Å². The average molecular weight is 197 g/mol. The van der Waals surface area contributed by atoms with Crippen LogP contribution in [0.15, 0.2) is 30.6 Å². The van der Waals surface area contributed by atoms with Crippen molar-refractivity contribution in [3.63, 3.8) is 0 Å². The highest BCUT2D eigenvalue weighted by Gasteiger charge is 1.95. The van der Waals surface area contributed by atoms with Gasteiger partial charge in [0.15, 0.2) is 0 Å². The van der Waals surface area contributed by atoms with Crippen LogP contribution in [0.5, 0.6) is 0 Å². The van der Waals surface area contributed by atoms with Crippen LogP contribution in [0.2, 0.25) is 5.02 Å². The van der Waals surface area contributed by atoms with Crippen molar-refractivity contribution in [2.45, 2.75) is 13.3 Å². The Bertz CT molecular complexity index is 284. The number of anilines is 1. The number of halogens is 1. The van der Waals surface area contributed by atoms with Gasteiger partial charge in [-0.2, -0.15) is 0 Å². The molecule has 0 aliphatic rings. The van der Waals surface area contributed by atoms with E-state index in [0.717, 1.165) is 18.7 Å². The van der Waals surface area contributed by atoms with Crippen molar-refractivity contribution >= 4 is 17.3 Å². The monoisotopic (exact) mass is 196 g/mol. The standard InChI is InChI=1S/C10H13ClN2/c1-2-3-4-6-13-10-5-7-12-8-9(10)11/h2-3,5,7-8H,4,6H2,1H3,(H,12,13)/b3-2+. The molecule has 0 fully saturated rings. The Balaban J connectivity index is 2.41. The minimum absolute atomic E-state index is 0.669. The molecule has 13 heavy (non-hydrogen) atoms. The van der Waals surface area contributed by atoms with Crippen LogP contribution in [0, 0.1) is 0 Å². The molecule has 0 radical (unpaired) electrons. The lowest BCUT2D eigenvalue weighted by Gasteiger charge is -2.05. The zero-order chi connectivity index (χ0) is 9.52. The van der Waals surface area contributed by atoms with Gasteiger partial charge >= 0.3 is 0 Å². The van der Waals surface area contributed by atoms with Crippen LogP contribution in [0.25, 0.3) is 0 Å². The fourth-order valence-corrected chi connectivity index (χ4v) is 1.16. The molecule has 1 rings (SSSR count). The lowest BCUT2D eigenvalue weighted by Crippen LogP contribution is -2.00. The lowest BCUT2D eigenvalue weighted by molar-refractivity contribution is 1.06. The normalized spacial score (nSPS) is 10.6. The highest BCUT2D eigenvalue weighted by molar-refractivity contribution is 6.33. The molecule has 70 valence electrons. The number of nitrogens with one attached hydrogen (secondary N) is 1. The molecule has 3 heteroatoms. The smallest absolute Gasteiger partial charge is 0.0820 e. The summed E-state index contributed by atoms with van der Waals surface area (Å²) >= 11 is 5.89. The third kappa shape index (κ3) is 3.47. The average Bonchev–Trinajstić information content (AvgIpc) is 2.15. The highest BCUT2D eigenvalue weighted by atomic mass is 35.5. The van der Waals surface area contributed by atoms with Gasteiger partial charge in [0.05, 0.1) is 10.7 Å². The number of hydrogen-bond donors (Lipinski definition) is 1. The van der Waals surface area contributed by atoms with Crippen LogP contribution in [0.4, 0.5) is 5.69 Å². The maximum Gasteiger partial charge on any atom is 0.0820 e. The third-order valence-electron chi connectivity index (χ3n) is 1.63. The van der Waals surface area contributed by atoms with E-state index in [0.29, 0.717) is 5.02 Å². The Hall–Kier alpha value is -1.02. The summed E-state index contributed by atoms with van der Waals surface area (Å²) in [5.74, 6) is 0. The molecule has 0 spiro atoms. The minimum Gasteiger partial charge on any atom is -0.383 e. The van der Waals surface area contributed by atoms with Crippen molar-refractivity contribution in [3.05, 3.63) is 35.6 Å².